The summed E-state index contributed by atoms with van der Waals surface area (Å²) >= 11 is 0. The topological polar surface area (TPSA) is 49.0 Å². The van der Waals surface area contributed by atoms with Gasteiger partial charge in [-0.05, 0) is 35.7 Å². The third-order valence-corrected chi connectivity index (χ3v) is 4.46. The predicted molar refractivity (Wildman–Crippen MR) is 92.6 cm³/mol. The Kier molecular flexibility index (Phi) is 4.81. The van der Waals surface area contributed by atoms with Gasteiger partial charge in [-0.3, -0.25) is 0 Å². The highest BCUT2D eigenvalue weighted by atomic mass is 16.5. The SMILES string of the molecule is COc1ccc(C2NCCc3c2ccc(OC)c3OC)cc1OC. The number of rotatable bonds is 5. The minimum Gasteiger partial charge on any atom is -0.493 e. The average Bonchev–Trinajstić information content (AvgIpc) is 2.65. The van der Waals surface area contributed by atoms with Crippen LogP contribution in [0.25, 0.3) is 0 Å². The second-order valence-electron chi connectivity index (χ2n) is 5.62. The minimum absolute atomic E-state index is 0.0772. The van der Waals surface area contributed by atoms with Crippen molar-refractivity contribution in [2.24, 2.45) is 0 Å². The molecular weight excluding hydrogens is 306 g/mol. The van der Waals surface area contributed by atoms with Crippen LogP contribution in [0, 0.1) is 0 Å². The Morgan fingerprint density at radius 3 is 2.21 bits per heavy atom. The smallest absolute Gasteiger partial charge is 0.164 e. The van der Waals surface area contributed by atoms with Crippen molar-refractivity contribution in [1.29, 1.82) is 0 Å². The van der Waals surface area contributed by atoms with Gasteiger partial charge in [0.25, 0.3) is 0 Å². The molecule has 0 amide bonds. The van der Waals surface area contributed by atoms with Crippen molar-refractivity contribution in [3.05, 3.63) is 47.0 Å². The summed E-state index contributed by atoms with van der Waals surface area (Å²) in [6.07, 6.45) is 0.902. The Bertz CT molecular complexity index is 730. The molecule has 3 rings (SSSR count). The van der Waals surface area contributed by atoms with Gasteiger partial charge in [0.2, 0.25) is 0 Å². The van der Waals surface area contributed by atoms with Crippen molar-refractivity contribution >= 4 is 0 Å². The van der Waals surface area contributed by atoms with E-state index in [1.54, 1.807) is 28.4 Å². The molecule has 0 fully saturated rings. The molecular formula is C19H23NO4. The van der Waals surface area contributed by atoms with Crippen LogP contribution in [0.15, 0.2) is 30.3 Å². The third-order valence-electron chi connectivity index (χ3n) is 4.46. The van der Waals surface area contributed by atoms with Crippen molar-refractivity contribution in [2.75, 3.05) is 35.0 Å². The summed E-state index contributed by atoms with van der Waals surface area (Å²) in [5.74, 6) is 3.04. The van der Waals surface area contributed by atoms with Crippen molar-refractivity contribution in [3.8, 4) is 23.0 Å². The number of methoxy groups -OCH3 is 4. The first-order chi connectivity index (χ1) is 11.7. The normalized spacial score (nSPS) is 16.2. The van der Waals surface area contributed by atoms with E-state index in [0.29, 0.717) is 0 Å². The van der Waals surface area contributed by atoms with Gasteiger partial charge in [-0.25, -0.2) is 0 Å². The van der Waals surface area contributed by atoms with Crippen LogP contribution >= 0.6 is 0 Å². The van der Waals surface area contributed by atoms with Gasteiger partial charge in [0.05, 0.1) is 34.5 Å². The molecule has 24 heavy (non-hydrogen) atoms. The van der Waals surface area contributed by atoms with Crippen LogP contribution in [-0.2, 0) is 6.42 Å². The van der Waals surface area contributed by atoms with Gasteiger partial charge in [0, 0.05) is 12.1 Å². The number of benzene rings is 2. The number of fused-ring (bicyclic) bond motifs is 1. The molecule has 2 aromatic carbocycles. The molecule has 0 saturated carbocycles. The van der Waals surface area contributed by atoms with Gasteiger partial charge >= 0.3 is 0 Å². The standard InChI is InChI=1S/C19H23NO4/c1-21-15-7-5-12(11-17(15)23-3)18-13-6-8-16(22-2)19(24-4)14(13)9-10-20-18/h5-8,11,18,20H,9-10H2,1-4H3. The second-order valence-corrected chi connectivity index (χ2v) is 5.62. The molecule has 0 aliphatic carbocycles. The molecule has 1 aliphatic rings. The summed E-state index contributed by atoms with van der Waals surface area (Å²) in [5, 5.41) is 3.58. The molecule has 0 radical (unpaired) electrons. The van der Waals surface area contributed by atoms with E-state index in [1.807, 2.05) is 18.2 Å². The number of hydrogen-bond donors (Lipinski definition) is 1. The summed E-state index contributed by atoms with van der Waals surface area (Å²) in [6.45, 7) is 0.871. The van der Waals surface area contributed by atoms with Gasteiger partial charge in [-0.1, -0.05) is 12.1 Å². The highest BCUT2D eigenvalue weighted by Crippen LogP contribution is 2.41. The summed E-state index contributed by atoms with van der Waals surface area (Å²) in [5.41, 5.74) is 3.52. The van der Waals surface area contributed by atoms with E-state index < -0.39 is 0 Å². The molecule has 5 heteroatoms. The zero-order valence-electron chi connectivity index (χ0n) is 14.5. The lowest BCUT2D eigenvalue weighted by atomic mass is 9.89. The minimum atomic E-state index is 0.0772. The lowest BCUT2D eigenvalue weighted by molar-refractivity contribution is 0.348. The van der Waals surface area contributed by atoms with Crippen LogP contribution < -0.4 is 24.3 Å². The van der Waals surface area contributed by atoms with Crippen molar-refractivity contribution in [3.63, 3.8) is 0 Å². The van der Waals surface area contributed by atoms with E-state index in [1.165, 1.54) is 11.1 Å². The Hall–Kier alpha value is -2.40. The van der Waals surface area contributed by atoms with Gasteiger partial charge in [-0.2, -0.15) is 0 Å². The Labute approximate surface area is 142 Å². The Morgan fingerprint density at radius 1 is 0.833 bits per heavy atom. The lowest BCUT2D eigenvalue weighted by Crippen LogP contribution is -2.31. The zero-order valence-corrected chi connectivity index (χ0v) is 14.5. The van der Waals surface area contributed by atoms with E-state index in [4.69, 9.17) is 18.9 Å². The van der Waals surface area contributed by atoms with E-state index in [0.717, 1.165) is 41.5 Å². The molecule has 1 aliphatic heterocycles. The zero-order chi connectivity index (χ0) is 17.1. The Morgan fingerprint density at radius 2 is 1.54 bits per heavy atom. The number of hydrogen-bond acceptors (Lipinski definition) is 5. The van der Waals surface area contributed by atoms with E-state index >= 15 is 0 Å². The second kappa shape index (κ2) is 7.01. The average molecular weight is 329 g/mol. The third kappa shape index (κ3) is 2.76. The fourth-order valence-corrected chi connectivity index (χ4v) is 3.32. The van der Waals surface area contributed by atoms with Crippen molar-refractivity contribution in [1.82, 2.24) is 5.32 Å². The largest absolute Gasteiger partial charge is 0.493 e. The van der Waals surface area contributed by atoms with E-state index in [9.17, 15) is 0 Å². The number of ether oxygens (including phenoxy) is 4. The quantitative estimate of drug-likeness (QED) is 0.914. The lowest BCUT2D eigenvalue weighted by Gasteiger charge is -2.29. The molecule has 5 nitrogen and oxygen atoms in total. The Balaban J connectivity index is 2.07. The summed E-state index contributed by atoms with van der Waals surface area (Å²) in [4.78, 5) is 0. The molecule has 0 spiro atoms. The van der Waals surface area contributed by atoms with Crippen LogP contribution in [0.1, 0.15) is 22.7 Å². The first-order valence-corrected chi connectivity index (χ1v) is 7.92. The molecule has 2 aromatic rings. The maximum absolute atomic E-state index is 5.60. The maximum atomic E-state index is 5.60. The van der Waals surface area contributed by atoms with Gasteiger partial charge in [-0.15, -0.1) is 0 Å². The summed E-state index contributed by atoms with van der Waals surface area (Å²) in [7, 11) is 6.64. The van der Waals surface area contributed by atoms with Gasteiger partial charge in [0.1, 0.15) is 0 Å². The first kappa shape index (κ1) is 16.5. The monoisotopic (exact) mass is 329 g/mol. The molecule has 1 heterocycles. The van der Waals surface area contributed by atoms with E-state index in [-0.39, 0.29) is 6.04 Å². The predicted octanol–water partition coefficient (Wildman–Crippen LogP) is 2.96. The van der Waals surface area contributed by atoms with E-state index in [2.05, 4.69) is 17.4 Å². The highest BCUT2D eigenvalue weighted by Gasteiger charge is 2.26. The van der Waals surface area contributed by atoms with Crippen LogP contribution in [0.3, 0.4) is 0 Å². The maximum Gasteiger partial charge on any atom is 0.164 e. The van der Waals surface area contributed by atoms with Crippen LogP contribution in [0.5, 0.6) is 23.0 Å². The highest BCUT2D eigenvalue weighted by molar-refractivity contribution is 5.55. The van der Waals surface area contributed by atoms with Crippen LogP contribution in [0.4, 0.5) is 0 Å². The summed E-state index contributed by atoms with van der Waals surface area (Å²) < 4.78 is 21.8. The molecule has 1 N–H and O–H groups in total. The van der Waals surface area contributed by atoms with Crippen molar-refractivity contribution < 1.29 is 18.9 Å². The molecule has 0 bridgehead atoms. The molecule has 0 aromatic heterocycles. The molecule has 1 unspecified atom stereocenters. The van der Waals surface area contributed by atoms with Crippen LogP contribution in [-0.4, -0.2) is 35.0 Å². The first-order valence-electron chi connectivity index (χ1n) is 7.92. The van der Waals surface area contributed by atoms with Gasteiger partial charge in [0.15, 0.2) is 23.0 Å². The van der Waals surface area contributed by atoms with Crippen molar-refractivity contribution in [2.45, 2.75) is 12.5 Å². The molecule has 0 saturated heterocycles. The summed E-state index contributed by atoms with van der Waals surface area (Å²) in [6, 6.07) is 10.1. The molecule has 1 atom stereocenters. The fraction of sp³-hybridized carbons (Fsp3) is 0.368. The van der Waals surface area contributed by atoms with Gasteiger partial charge < -0.3 is 24.3 Å². The molecule has 128 valence electrons. The van der Waals surface area contributed by atoms with Crippen LogP contribution in [0.2, 0.25) is 0 Å². The fourth-order valence-electron chi connectivity index (χ4n) is 3.32. The number of nitrogens with one attached hydrogen (secondary N) is 1.